The predicted molar refractivity (Wildman–Crippen MR) is 83.2 cm³/mol. The Bertz CT molecular complexity index is 745. The lowest BCUT2D eigenvalue weighted by Crippen LogP contribution is -2.26. The molecule has 7 heteroatoms. The number of sulfonamides is 1. The van der Waals surface area contributed by atoms with Gasteiger partial charge in [-0.2, -0.15) is 4.31 Å². The van der Waals surface area contributed by atoms with E-state index in [0.717, 1.165) is 5.56 Å². The second-order valence-electron chi connectivity index (χ2n) is 4.50. The molecule has 21 heavy (non-hydrogen) atoms. The fourth-order valence-corrected chi connectivity index (χ4v) is 3.31. The van der Waals surface area contributed by atoms with Gasteiger partial charge in [-0.15, -0.1) is 0 Å². The number of benzene rings is 2. The minimum atomic E-state index is -3.66. The van der Waals surface area contributed by atoms with E-state index in [0.29, 0.717) is 5.02 Å². The van der Waals surface area contributed by atoms with Crippen molar-refractivity contribution in [3.63, 3.8) is 0 Å². The first-order chi connectivity index (χ1) is 9.80. The molecule has 0 amide bonds. The van der Waals surface area contributed by atoms with Crippen molar-refractivity contribution in [3.8, 4) is 5.75 Å². The van der Waals surface area contributed by atoms with Crippen molar-refractivity contribution in [1.29, 1.82) is 0 Å². The highest BCUT2D eigenvalue weighted by atomic mass is 35.5. The Labute approximate surface area is 133 Å². The van der Waals surface area contributed by atoms with E-state index in [1.54, 1.807) is 12.1 Å². The van der Waals surface area contributed by atoms with E-state index in [-0.39, 0.29) is 22.2 Å². The summed E-state index contributed by atoms with van der Waals surface area (Å²) < 4.78 is 26.1. The minimum absolute atomic E-state index is 0.0816. The van der Waals surface area contributed by atoms with Crippen LogP contribution in [-0.4, -0.2) is 24.9 Å². The van der Waals surface area contributed by atoms with Crippen LogP contribution in [0.1, 0.15) is 5.56 Å². The molecule has 0 aromatic heterocycles. The van der Waals surface area contributed by atoms with Gasteiger partial charge in [0, 0.05) is 13.6 Å². The van der Waals surface area contributed by atoms with Crippen molar-refractivity contribution < 1.29 is 13.5 Å². The van der Waals surface area contributed by atoms with Gasteiger partial charge in [0.1, 0.15) is 5.75 Å². The molecule has 2 rings (SSSR count). The Morgan fingerprint density at radius 1 is 1.05 bits per heavy atom. The summed E-state index contributed by atoms with van der Waals surface area (Å²) in [4.78, 5) is 0.0816. The summed E-state index contributed by atoms with van der Waals surface area (Å²) in [5.74, 6) is 0.133. The summed E-state index contributed by atoms with van der Waals surface area (Å²) in [6.45, 7) is 0.183. The molecule has 0 aliphatic rings. The average molecular weight is 346 g/mol. The number of phenols is 1. The number of rotatable bonds is 4. The maximum atomic E-state index is 12.4. The monoisotopic (exact) mass is 345 g/mol. The van der Waals surface area contributed by atoms with Crippen LogP contribution in [0.5, 0.6) is 5.75 Å². The van der Waals surface area contributed by atoms with Gasteiger partial charge in [-0.05, 0) is 35.9 Å². The molecule has 0 aliphatic heterocycles. The second kappa shape index (κ2) is 6.23. The molecule has 112 valence electrons. The quantitative estimate of drug-likeness (QED) is 0.922. The van der Waals surface area contributed by atoms with Crippen LogP contribution in [0.2, 0.25) is 10.0 Å². The molecule has 4 nitrogen and oxygen atoms in total. The van der Waals surface area contributed by atoms with Gasteiger partial charge in [0.25, 0.3) is 0 Å². The highest BCUT2D eigenvalue weighted by Gasteiger charge is 2.21. The van der Waals surface area contributed by atoms with Crippen LogP contribution in [0.3, 0.4) is 0 Å². The maximum absolute atomic E-state index is 12.4. The third-order valence-electron chi connectivity index (χ3n) is 2.94. The van der Waals surface area contributed by atoms with Gasteiger partial charge in [0.2, 0.25) is 10.0 Å². The summed E-state index contributed by atoms with van der Waals surface area (Å²) in [5.41, 5.74) is 0.763. The maximum Gasteiger partial charge on any atom is 0.243 e. The minimum Gasteiger partial charge on any atom is -0.508 e. The Balaban J connectivity index is 2.25. The number of aromatic hydroxyl groups is 1. The fraction of sp³-hybridized carbons (Fsp3) is 0.143. The topological polar surface area (TPSA) is 57.6 Å². The number of nitrogens with zero attached hydrogens (tertiary/aromatic N) is 1. The van der Waals surface area contributed by atoms with Crippen molar-refractivity contribution in [2.75, 3.05) is 7.05 Å². The molecule has 0 saturated carbocycles. The van der Waals surface area contributed by atoms with Gasteiger partial charge in [0.05, 0.1) is 14.9 Å². The van der Waals surface area contributed by atoms with Gasteiger partial charge < -0.3 is 5.11 Å². The number of hydrogen-bond donors (Lipinski definition) is 1. The summed E-state index contributed by atoms with van der Waals surface area (Å²) in [6.07, 6.45) is 0. The van der Waals surface area contributed by atoms with E-state index in [1.165, 1.54) is 41.7 Å². The molecule has 2 aromatic carbocycles. The fourth-order valence-electron chi connectivity index (χ4n) is 1.76. The summed E-state index contributed by atoms with van der Waals surface area (Å²) in [5, 5.41) is 9.72. The van der Waals surface area contributed by atoms with E-state index in [2.05, 4.69) is 0 Å². The van der Waals surface area contributed by atoms with E-state index in [1.807, 2.05) is 0 Å². The molecular weight excluding hydrogens is 333 g/mol. The van der Waals surface area contributed by atoms with E-state index < -0.39 is 10.0 Å². The van der Waals surface area contributed by atoms with Gasteiger partial charge in [-0.3, -0.25) is 0 Å². The zero-order valence-corrected chi connectivity index (χ0v) is 13.5. The Morgan fingerprint density at radius 3 is 2.24 bits per heavy atom. The molecule has 1 N–H and O–H groups in total. The van der Waals surface area contributed by atoms with E-state index in [9.17, 15) is 13.5 Å². The lowest BCUT2D eigenvalue weighted by atomic mass is 10.2. The lowest BCUT2D eigenvalue weighted by molar-refractivity contribution is 0.463. The highest BCUT2D eigenvalue weighted by molar-refractivity contribution is 7.89. The van der Waals surface area contributed by atoms with Crippen molar-refractivity contribution >= 4 is 33.2 Å². The van der Waals surface area contributed by atoms with E-state index >= 15 is 0 Å². The third-order valence-corrected chi connectivity index (χ3v) is 5.48. The number of halogens is 2. The smallest absolute Gasteiger partial charge is 0.243 e. The number of phenolic OH excluding ortho intramolecular Hbond substituents is 1. The van der Waals surface area contributed by atoms with Crippen molar-refractivity contribution in [2.24, 2.45) is 0 Å². The molecule has 0 aliphatic carbocycles. The van der Waals surface area contributed by atoms with Crippen molar-refractivity contribution in [1.82, 2.24) is 4.31 Å². The lowest BCUT2D eigenvalue weighted by Gasteiger charge is -2.17. The van der Waals surface area contributed by atoms with Gasteiger partial charge >= 0.3 is 0 Å². The zero-order chi connectivity index (χ0) is 15.6. The standard InChI is InChI=1S/C14H13Cl2NO3S/c1-17(9-10-2-4-11(18)5-3-10)21(19,20)12-6-7-13(15)14(16)8-12/h2-8,18H,9H2,1H3. The van der Waals surface area contributed by atoms with Crippen molar-refractivity contribution in [2.45, 2.75) is 11.4 Å². The normalized spacial score (nSPS) is 11.8. The molecule has 0 spiro atoms. The summed E-state index contributed by atoms with van der Waals surface area (Å²) >= 11 is 11.7. The molecule has 2 aromatic rings. The first-order valence-electron chi connectivity index (χ1n) is 6.00. The van der Waals surface area contributed by atoms with Gasteiger partial charge in [-0.25, -0.2) is 8.42 Å². The molecule has 0 fully saturated rings. The Morgan fingerprint density at radius 2 is 1.67 bits per heavy atom. The Hall–Kier alpha value is -1.27. The molecule has 0 atom stereocenters. The SMILES string of the molecule is CN(Cc1ccc(O)cc1)S(=O)(=O)c1ccc(Cl)c(Cl)c1. The molecular formula is C14H13Cl2NO3S. The predicted octanol–water partition coefficient (Wildman–Crippen LogP) is 3.52. The first-order valence-corrected chi connectivity index (χ1v) is 8.19. The molecule has 0 unspecified atom stereocenters. The highest BCUT2D eigenvalue weighted by Crippen LogP contribution is 2.26. The first kappa shape index (κ1) is 16.1. The van der Waals surface area contributed by atoms with Gasteiger partial charge in [0.15, 0.2) is 0 Å². The number of hydrogen-bond acceptors (Lipinski definition) is 3. The van der Waals surface area contributed by atoms with Gasteiger partial charge in [-0.1, -0.05) is 35.3 Å². The molecule has 0 radical (unpaired) electrons. The van der Waals surface area contributed by atoms with Crippen LogP contribution >= 0.6 is 23.2 Å². The largest absolute Gasteiger partial charge is 0.508 e. The van der Waals surface area contributed by atoms with Crippen LogP contribution < -0.4 is 0 Å². The van der Waals surface area contributed by atoms with Crippen molar-refractivity contribution in [3.05, 3.63) is 58.1 Å². The molecule has 0 saturated heterocycles. The van der Waals surface area contributed by atoms with E-state index in [4.69, 9.17) is 23.2 Å². The zero-order valence-electron chi connectivity index (χ0n) is 11.1. The van der Waals surface area contributed by atoms with Crippen LogP contribution in [0, 0.1) is 0 Å². The average Bonchev–Trinajstić information content (AvgIpc) is 2.44. The molecule has 0 heterocycles. The second-order valence-corrected chi connectivity index (χ2v) is 7.36. The molecule has 0 bridgehead atoms. The third kappa shape index (κ3) is 3.68. The summed E-state index contributed by atoms with van der Waals surface area (Å²) in [7, 11) is -2.18. The van der Waals surface area contributed by atoms with Crippen LogP contribution in [0.25, 0.3) is 0 Å². The van der Waals surface area contributed by atoms with Crippen LogP contribution in [-0.2, 0) is 16.6 Å². The van der Waals surface area contributed by atoms with Crippen LogP contribution in [0.15, 0.2) is 47.4 Å². The van der Waals surface area contributed by atoms with Crippen LogP contribution in [0.4, 0.5) is 0 Å². The Kier molecular flexibility index (Phi) is 4.78. The summed E-state index contributed by atoms with van der Waals surface area (Å²) in [6, 6.07) is 10.5.